The fraction of sp³-hybridized carbons (Fsp3) is 1.00. The molecule has 3 unspecified atom stereocenters. The van der Waals surface area contributed by atoms with Crippen LogP contribution in [0.25, 0.3) is 0 Å². The maximum Gasteiger partial charge on any atom is 0.0758 e. The summed E-state index contributed by atoms with van der Waals surface area (Å²) in [7, 11) is 0. The van der Waals surface area contributed by atoms with Crippen LogP contribution in [0.3, 0.4) is 0 Å². The van der Waals surface area contributed by atoms with E-state index in [9.17, 15) is 5.11 Å². The van der Waals surface area contributed by atoms with Gasteiger partial charge in [-0.25, -0.2) is 0 Å². The number of β-amino-alcohol motifs (C(OH)–C–C–N with tert-alkyl or cyclic N) is 1. The Balaban J connectivity index is 1.76. The first-order valence-electron chi connectivity index (χ1n) is 5.65. The minimum atomic E-state index is -0.468. The molecule has 2 aliphatic heterocycles. The second-order valence-corrected chi connectivity index (χ2v) is 5.13. The Kier molecular flexibility index (Phi) is 2.82. The number of aliphatic hydroxyl groups is 1. The highest BCUT2D eigenvalue weighted by molar-refractivity contribution is 4.87. The van der Waals surface area contributed by atoms with Gasteiger partial charge < -0.3 is 9.84 Å². The number of hydrogen-bond acceptors (Lipinski definition) is 3. The van der Waals surface area contributed by atoms with Crippen LogP contribution in [0.4, 0.5) is 0 Å². The van der Waals surface area contributed by atoms with Gasteiger partial charge in [0.15, 0.2) is 0 Å². The lowest BCUT2D eigenvalue weighted by Crippen LogP contribution is -2.34. The molecule has 2 fully saturated rings. The highest BCUT2D eigenvalue weighted by Gasteiger charge is 2.33. The van der Waals surface area contributed by atoms with E-state index in [2.05, 4.69) is 11.8 Å². The quantitative estimate of drug-likeness (QED) is 0.720. The van der Waals surface area contributed by atoms with Gasteiger partial charge in [0.05, 0.1) is 17.8 Å². The first kappa shape index (κ1) is 10.4. The molecule has 0 amide bonds. The topological polar surface area (TPSA) is 32.7 Å². The third kappa shape index (κ3) is 2.47. The molecule has 0 aliphatic carbocycles. The maximum atomic E-state index is 9.81. The summed E-state index contributed by atoms with van der Waals surface area (Å²) in [5.41, 5.74) is -0.468. The van der Waals surface area contributed by atoms with E-state index in [4.69, 9.17) is 4.74 Å². The molecule has 0 saturated carbocycles. The molecule has 0 aromatic carbocycles. The van der Waals surface area contributed by atoms with Crippen molar-refractivity contribution in [1.29, 1.82) is 0 Å². The van der Waals surface area contributed by atoms with E-state index < -0.39 is 5.60 Å². The summed E-state index contributed by atoms with van der Waals surface area (Å²) < 4.78 is 5.77. The first-order chi connectivity index (χ1) is 6.55. The molecule has 3 heteroatoms. The summed E-state index contributed by atoms with van der Waals surface area (Å²) in [6.45, 7) is 6.88. The van der Waals surface area contributed by atoms with Gasteiger partial charge >= 0.3 is 0 Å². The van der Waals surface area contributed by atoms with Gasteiger partial charge in [0.2, 0.25) is 0 Å². The normalized spacial score (nSPS) is 44.8. The van der Waals surface area contributed by atoms with Crippen molar-refractivity contribution in [3.8, 4) is 0 Å². The average molecular weight is 199 g/mol. The molecular formula is C11H21NO2. The van der Waals surface area contributed by atoms with Gasteiger partial charge in [-0.2, -0.15) is 0 Å². The maximum absolute atomic E-state index is 9.81. The van der Waals surface area contributed by atoms with E-state index in [1.165, 1.54) is 12.8 Å². The summed E-state index contributed by atoms with van der Waals surface area (Å²) in [4.78, 5) is 2.32. The average Bonchev–Trinajstić information content (AvgIpc) is 2.59. The van der Waals surface area contributed by atoms with Gasteiger partial charge in [0.25, 0.3) is 0 Å². The van der Waals surface area contributed by atoms with E-state index in [1.807, 2.05) is 6.92 Å². The van der Waals surface area contributed by atoms with Crippen molar-refractivity contribution in [3.63, 3.8) is 0 Å². The number of hydrogen-bond donors (Lipinski definition) is 1. The molecule has 1 N–H and O–H groups in total. The molecule has 2 heterocycles. The van der Waals surface area contributed by atoms with Crippen LogP contribution in [0.5, 0.6) is 0 Å². The highest BCUT2D eigenvalue weighted by Crippen LogP contribution is 2.24. The molecule has 0 bridgehead atoms. The van der Waals surface area contributed by atoms with Crippen LogP contribution < -0.4 is 0 Å². The van der Waals surface area contributed by atoms with Gasteiger partial charge in [-0.15, -0.1) is 0 Å². The first-order valence-corrected chi connectivity index (χ1v) is 5.65. The number of likely N-dealkylation sites (tertiary alicyclic amines) is 1. The summed E-state index contributed by atoms with van der Waals surface area (Å²) in [6.07, 6.45) is 4.10. The van der Waals surface area contributed by atoms with Crippen molar-refractivity contribution in [3.05, 3.63) is 0 Å². The minimum absolute atomic E-state index is 0.402. The Bertz CT molecular complexity index is 205. The van der Waals surface area contributed by atoms with E-state index in [-0.39, 0.29) is 0 Å². The van der Waals surface area contributed by atoms with Crippen molar-refractivity contribution in [2.75, 3.05) is 19.6 Å². The summed E-state index contributed by atoms with van der Waals surface area (Å²) in [5, 5.41) is 9.81. The molecule has 3 atom stereocenters. The zero-order valence-corrected chi connectivity index (χ0v) is 9.20. The lowest BCUT2D eigenvalue weighted by molar-refractivity contribution is 0.0252. The third-order valence-electron chi connectivity index (χ3n) is 3.31. The standard InChI is InChI=1S/C11H21NO2/c1-9-3-4-10(14-9)7-12-6-5-11(2,13)8-12/h9-10,13H,3-8H2,1-2H3. The Morgan fingerprint density at radius 1 is 1.50 bits per heavy atom. The lowest BCUT2D eigenvalue weighted by Gasteiger charge is -2.21. The minimum Gasteiger partial charge on any atom is -0.389 e. The Morgan fingerprint density at radius 3 is 2.79 bits per heavy atom. The van der Waals surface area contributed by atoms with Gasteiger partial charge in [-0.3, -0.25) is 4.90 Å². The van der Waals surface area contributed by atoms with Gasteiger partial charge in [0, 0.05) is 19.6 Å². The second kappa shape index (κ2) is 3.80. The molecule has 82 valence electrons. The predicted molar refractivity (Wildman–Crippen MR) is 55.2 cm³/mol. The largest absolute Gasteiger partial charge is 0.389 e. The van der Waals surface area contributed by atoms with Crippen LogP contribution in [-0.2, 0) is 4.74 Å². The van der Waals surface area contributed by atoms with E-state index >= 15 is 0 Å². The summed E-state index contributed by atoms with van der Waals surface area (Å²) in [6, 6.07) is 0. The van der Waals surface area contributed by atoms with E-state index in [1.54, 1.807) is 0 Å². The molecule has 2 rings (SSSR count). The number of ether oxygens (including phenoxy) is 1. The van der Waals surface area contributed by atoms with E-state index in [0.717, 1.165) is 26.1 Å². The van der Waals surface area contributed by atoms with Crippen LogP contribution in [-0.4, -0.2) is 47.4 Å². The van der Waals surface area contributed by atoms with Crippen LogP contribution >= 0.6 is 0 Å². The molecule has 0 spiro atoms. The monoisotopic (exact) mass is 199 g/mol. The van der Waals surface area contributed by atoms with Crippen LogP contribution in [0.1, 0.15) is 33.1 Å². The van der Waals surface area contributed by atoms with Gasteiger partial charge in [0.1, 0.15) is 0 Å². The molecule has 0 aromatic rings. The smallest absolute Gasteiger partial charge is 0.0758 e. The number of nitrogens with zero attached hydrogens (tertiary/aromatic N) is 1. The molecule has 2 aliphatic rings. The Labute approximate surface area is 86.0 Å². The summed E-state index contributed by atoms with van der Waals surface area (Å²) >= 11 is 0. The number of rotatable bonds is 2. The van der Waals surface area contributed by atoms with Crippen LogP contribution in [0, 0.1) is 0 Å². The third-order valence-corrected chi connectivity index (χ3v) is 3.31. The van der Waals surface area contributed by atoms with Crippen LogP contribution in [0.15, 0.2) is 0 Å². The summed E-state index contributed by atoms with van der Waals surface area (Å²) in [5.74, 6) is 0. The van der Waals surface area contributed by atoms with Crippen molar-refractivity contribution >= 4 is 0 Å². The molecule has 14 heavy (non-hydrogen) atoms. The molecule has 2 saturated heterocycles. The molecular weight excluding hydrogens is 178 g/mol. The highest BCUT2D eigenvalue weighted by atomic mass is 16.5. The van der Waals surface area contributed by atoms with Crippen LogP contribution in [0.2, 0.25) is 0 Å². The molecule has 3 nitrogen and oxygen atoms in total. The molecule has 0 radical (unpaired) electrons. The van der Waals surface area contributed by atoms with Gasteiger partial charge in [-0.1, -0.05) is 0 Å². The SMILES string of the molecule is CC1CCC(CN2CCC(C)(O)C2)O1. The van der Waals surface area contributed by atoms with E-state index in [0.29, 0.717) is 12.2 Å². The predicted octanol–water partition coefficient (Wildman–Crippen LogP) is 1.01. The zero-order valence-electron chi connectivity index (χ0n) is 9.20. The Hall–Kier alpha value is -0.120. The second-order valence-electron chi connectivity index (χ2n) is 5.13. The van der Waals surface area contributed by atoms with Crippen molar-refractivity contribution in [2.24, 2.45) is 0 Å². The fourth-order valence-electron chi connectivity index (χ4n) is 2.50. The zero-order chi connectivity index (χ0) is 10.2. The lowest BCUT2D eigenvalue weighted by atomic mass is 10.1. The fourth-order valence-corrected chi connectivity index (χ4v) is 2.50. The van der Waals surface area contributed by atoms with Crippen molar-refractivity contribution < 1.29 is 9.84 Å². The van der Waals surface area contributed by atoms with Crippen molar-refractivity contribution in [2.45, 2.75) is 50.9 Å². The van der Waals surface area contributed by atoms with Crippen molar-refractivity contribution in [1.82, 2.24) is 4.90 Å². The Morgan fingerprint density at radius 2 is 2.29 bits per heavy atom. The van der Waals surface area contributed by atoms with Gasteiger partial charge in [-0.05, 0) is 33.1 Å². The molecule has 0 aromatic heterocycles.